The van der Waals surface area contributed by atoms with Crippen LogP contribution < -0.4 is 10.6 Å². The van der Waals surface area contributed by atoms with Crippen LogP contribution in [0.5, 0.6) is 0 Å². The highest BCUT2D eigenvalue weighted by molar-refractivity contribution is 5.76. The predicted octanol–water partition coefficient (Wildman–Crippen LogP) is 2.02. The molecular formula is C16H24N2O2. The molecule has 1 fully saturated rings. The Morgan fingerprint density at radius 3 is 2.75 bits per heavy atom. The first-order valence-electron chi connectivity index (χ1n) is 7.36. The minimum absolute atomic E-state index is 0.178. The summed E-state index contributed by atoms with van der Waals surface area (Å²) in [6.07, 6.45) is 3.74. The van der Waals surface area contributed by atoms with Gasteiger partial charge in [-0.3, -0.25) is 4.79 Å². The Balaban J connectivity index is 1.68. The van der Waals surface area contributed by atoms with E-state index in [-0.39, 0.29) is 11.9 Å². The van der Waals surface area contributed by atoms with Crippen molar-refractivity contribution in [1.82, 2.24) is 10.6 Å². The average Bonchev–Trinajstić information content (AvgIpc) is 3.27. The Morgan fingerprint density at radius 2 is 2.10 bits per heavy atom. The van der Waals surface area contributed by atoms with Crippen LogP contribution in [0, 0.1) is 0 Å². The third-order valence-electron chi connectivity index (χ3n) is 3.45. The van der Waals surface area contributed by atoms with Crippen LogP contribution in [0.4, 0.5) is 0 Å². The van der Waals surface area contributed by atoms with Crippen LogP contribution in [0.1, 0.15) is 37.3 Å². The second kappa shape index (κ2) is 8.02. The molecule has 1 unspecified atom stereocenters. The standard InChI is InChI=1S/C16H24N2O2/c1-20-12-15(13-6-3-2-4-7-13)17-11-5-8-16(19)18-14-9-10-14/h2-4,6-7,14-15,17H,5,8-12H2,1H3,(H,18,19). The molecule has 1 aromatic rings. The molecule has 0 spiro atoms. The van der Waals surface area contributed by atoms with Crippen LogP contribution in [0.15, 0.2) is 30.3 Å². The largest absolute Gasteiger partial charge is 0.383 e. The van der Waals surface area contributed by atoms with Gasteiger partial charge >= 0.3 is 0 Å². The number of ether oxygens (including phenoxy) is 1. The highest BCUT2D eigenvalue weighted by atomic mass is 16.5. The normalized spacial score (nSPS) is 15.8. The van der Waals surface area contributed by atoms with Crippen LogP contribution >= 0.6 is 0 Å². The maximum atomic E-state index is 11.6. The molecule has 0 aromatic heterocycles. The first-order chi connectivity index (χ1) is 9.79. The Labute approximate surface area is 120 Å². The van der Waals surface area contributed by atoms with E-state index >= 15 is 0 Å². The van der Waals surface area contributed by atoms with E-state index in [1.54, 1.807) is 7.11 Å². The van der Waals surface area contributed by atoms with Gasteiger partial charge in [0.25, 0.3) is 0 Å². The van der Waals surface area contributed by atoms with Crippen molar-refractivity contribution in [3.05, 3.63) is 35.9 Å². The number of hydrogen-bond donors (Lipinski definition) is 2. The molecule has 4 heteroatoms. The fourth-order valence-corrected chi connectivity index (χ4v) is 2.18. The molecule has 0 saturated heterocycles. The van der Waals surface area contributed by atoms with Crippen molar-refractivity contribution in [2.45, 2.75) is 37.8 Å². The van der Waals surface area contributed by atoms with Gasteiger partial charge in [0.2, 0.25) is 5.91 Å². The summed E-state index contributed by atoms with van der Waals surface area (Å²) in [5.41, 5.74) is 1.22. The van der Waals surface area contributed by atoms with Gasteiger partial charge in [-0.25, -0.2) is 0 Å². The molecule has 1 amide bonds. The van der Waals surface area contributed by atoms with E-state index in [0.29, 0.717) is 19.1 Å². The van der Waals surface area contributed by atoms with Gasteiger partial charge in [-0.15, -0.1) is 0 Å². The predicted molar refractivity (Wildman–Crippen MR) is 79.5 cm³/mol. The highest BCUT2D eigenvalue weighted by Gasteiger charge is 2.22. The summed E-state index contributed by atoms with van der Waals surface area (Å²) in [4.78, 5) is 11.6. The molecule has 1 saturated carbocycles. The van der Waals surface area contributed by atoms with Crippen molar-refractivity contribution in [1.29, 1.82) is 0 Å². The molecule has 110 valence electrons. The molecule has 1 aliphatic rings. The maximum absolute atomic E-state index is 11.6. The van der Waals surface area contributed by atoms with E-state index in [4.69, 9.17) is 4.74 Å². The van der Waals surface area contributed by atoms with Crippen molar-refractivity contribution in [3.8, 4) is 0 Å². The molecule has 1 aromatic carbocycles. The van der Waals surface area contributed by atoms with E-state index in [2.05, 4.69) is 22.8 Å². The summed E-state index contributed by atoms with van der Waals surface area (Å²) in [5, 5.41) is 6.46. The number of hydrogen-bond acceptors (Lipinski definition) is 3. The molecule has 0 aliphatic heterocycles. The van der Waals surface area contributed by atoms with Crippen LogP contribution in [0.25, 0.3) is 0 Å². The molecule has 1 aliphatic carbocycles. The smallest absolute Gasteiger partial charge is 0.220 e. The zero-order valence-electron chi connectivity index (χ0n) is 12.1. The Bertz CT molecular complexity index is 404. The molecular weight excluding hydrogens is 252 g/mol. The van der Waals surface area contributed by atoms with E-state index in [1.165, 1.54) is 5.56 Å². The zero-order chi connectivity index (χ0) is 14.2. The number of nitrogens with one attached hydrogen (secondary N) is 2. The van der Waals surface area contributed by atoms with Gasteiger partial charge in [0.15, 0.2) is 0 Å². The van der Waals surface area contributed by atoms with E-state index in [0.717, 1.165) is 25.8 Å². The summed E-state index contributed by atoms with van der Waals surface area (Å²) >= 11 is 0. The summed E-state index contributed by atoms with van der Waals surface area (Å²) in [7, 11) is 1.71. The second-order valence-corrected chi connectivity index (χ2v) is 5.32. The molecule has 0 heterocycles. The lowest BCUT2D eigenvalue weighted by Gasteiger charge is -2.18. The monoisotopic (exact) mass is 276 g/mol. The first kappa shape index (κ1) is 15.0. The summed E-state index contributed by atoms with van der Waals surface area (Å²) in [6.45, 7) is 1.46. The zero-order valence-corrected chi connectivity index (χ0v) is 12.1. The highest BCUT2D eigenvalue weighted by Crippen LogP contribution is 2.18. The van der Waals surface area contributed by atoms with Crippen molar-refractivity contribution in [3.63, 3.8) is 0 Å². The minimum atomic E-state index is 0.178. The Hall–Kier alpha value is -1.39. The third kappa shape index (κ3) is 5.31. The van der Waals surface area contributed by atoms with Crippen molar-refractivity contribution < 1.29 is 9.53 Å². The average molecular weight is 276 g/mol. The topological polar surface area (TPSA) is 50.4 Å². The SMILES string of the molecule is COCC(NCCCC(=O)NC1CC1)c1ccccc1. The lowest BCUT2D eigenvalue weighted by Crippen LogP contribution is -2.29. The van der Waals surface area contributed by atoms with Gasteiger partial charge in [-0.1, -0.05) is 30.3 Å². The summed E-state index contributed by atoms with van der Waals surface area (Å²) in [6, 6.07) is 10.9. The van der Waals surface area contributed by atoms with Crippen LogP contribution in [-0.2, 0) is 9.53 Å². The van der Waals surface area contributed by atoms with Gasteiger partial charge < -0.3 is 15.4 Å². The molecule has 1 atom stereocenters. The molecule has 0 radical (unpaired) electrons. The van der Waals surface area contributed by atoms with Crippen molar-refractivity contribution >= 4 is 5.91 Å². The number of benzene rings is 1. The summed E-state index contributed by atoms with van der Waals surface area (Å²) in [5.74, 6) is 0.178. The number of amides is 1. The Kier molecular flexibility index (Phi) is 6.02. The lowest BCUT2D eigenvalue weighted by atomic mass is 10.1. The third-order valence-corrected chi connectivity index (χ3v) is 3.45. The number of methoxy groups -OCH3 is 1. The van der Waals surface area contributed by atoms with Gasteiger partial charge in [0, 0.05) is 19.6 Å². The molecule has 2 rings (SSSR count). The molecule has 0 bridgehead atoms. The second-order valence-electron chi connectivity index (χ2n) is 5.32. The summed E-state index contributed by atoms with van der Waals surface area (Å²) < 4.78 is 5.26. The number of rotatable bonds is 9. The van der Waals surface area contributed by atoms with Crippen molar-refractivity contribution in [2.75, 3.05) is 20.3 Å². The fraction of sp³-hybridized carbons (Fsp3) is 0.562. The first-order valence-corrected chi connectivity index (χ1v) is 7.36. The van der Waals surface area contributed by atoms with Crippen molar-refractivity contribution in [2.24, 2.45) is 0 Å². The maximum Gasteiger partial charge on any atom is 0.220 e. The van der Waals surface area contributed by atoms with Gasteiger partial charge in [-0.05, 0) is 31.4 Å². The van der Waals surface area contributed by atoms with E-state index < -0.39 is 0 Å². The van der Waals surface area contributed by atoms with Gasteiger partial charge in [-0.2, -0.15) is 0 Å². The van der Waals surface area contributed by atoms with Crippen LogP contribution in [-0.4, -0.2) is 32.2 Å². The fourth-order valence-electron chi connectivity index (χ4n) is 2.18. The minimum Gasteiger partial charge on any atom is -0.383 e. The molecule has 4 nitrogen and oxygen atoms in total. The van der Waals surface area contributed by atoms with Crippen LogP contribution in [0.2, 0.25) is 0 Å². The number of carbonyl (C=O) groups excluding carboxylic acids is 1. The molecule has 2 N–H and O–H groups in total. The molecule has 20 heavy (non-hydrogen) atoms. The van der Waals surface area contributed by atoms with E-state index in [1.807, 2.05) is 18.2 Å². The number of carbonyl (C=O) groups is 1. The quantitative estimate of drug-likeness (QED) is 0.678. The van der Waals surface area contributed by atoms with Gasteiger partial charge in [0.05, 0.1) is 12.6 Å². The lowest BCUT2D eigenvalue weighted by molar-refractivity contribution is -0.121. The Morgan fingerprint density at radius 1 is 1.35 bits per heavy atom. The van der Waals surface area contributed by atoms with E-state index in [9.17, 15) is 4.79 Å². The van der Waals surface area contributed by atoms with Gasteiger partial charge in [0.1, 0.15) is 0 Å². The van der Waals surface area contributed by atoms with Crippen LogP contribution in [0.3, 0.4) is 0 Å².